The van der Waals surface area contributed by atoms with E-state index in [1.54, 1.807) is 36.4 Å². The maximum atomic E-state index is 12.6. The highest BCUT2D eigenvalue weighted by Gasteiger charge is 2.30. The summed E-state index contributed by atoms with van der Waals surface area (Å²) in [6.07, 6.45) is -2.23. The molecule has 0 amide bonds. The molecule has 156 valence electrons. The highest BCUT2D eigenvalue weighted by Crippen LogP contribution is 2.29. The third kappa shape index (κ3) is 6.10. The molecule has 0 bridgehead atoms. The van der Waals surface area contributed by atoms with E-state index in [4.69, 9.17) is 27.9 Å². The summed E-state index contributed by atoms with van der Waals surface area (Å²) in [4.78, 5) is 3.70. The van der Waals surface area contributed by atoms with E-state index >= 15 is 0 Å². The minimum Gasteiger partial charge on any atom is -0.488 e. The Bertz CT molecular complexity index is 1060. The van der Waals surface area contributed by atoms with Crippen LogP contribution in [0.15, 0.2) is 64.3 Å². The van der Waals surface area contributed by atoms with Crippen molar-refractivity contribution in [3.63, 3.8) is 0 Å². The summed E-state index contributed by atoms with van der Waals surface area (Å²) >= 11 is 15.4. The molecule has 3 aromatic rings. The first-order chi connectivity index (χ1) is 14.2. The molecule has 4 nitrogen and oxygen atoms in total. The quantitative estimate of drug-likeness (QED) is 0.277. The lowest BCUT2D eigenvalue weighted by Gasteiger charge is -2.11. The van der Waals surface area contributed by atoms with Crippen LogP contribution in [0.25, 0.3) is 0 Å². The number of halogens is 6. The van der Waals surface area contributed by atoms with E-state index in [9.17, 15) is 13.2 Å². The third-order valence-electron chi connectivity index (χ3n) is 3.84. The molecule has 30 heavy (non-hydrogen) atoms. The van der Waals surface area contributed by atoms with Crippen molar-refractivity contribution >= 4 is 51.2 Å². The van der Waals surface area contributed by atoms with Crippen LogP contribution in [0.5, 0.6) is 5.75 Å². The standard InChI is InChI=1S/C20H13BrCl2F3N3O/c21-15-3-5-18(30-11-12-1-4-16(22)8-17(12)23)13(7-15)9-28-29-19-6-2-14(10-27-19)20(24,25)26/h1-10H,11H2,(H,27,29)/b28-9-. The Kier molecular flexibility index (Phi) is 7.23. The number of aromatic nitrogens is 1. The van der Waals surface area contributed by atoms with E-state index in [1.807, 2.05) is 0 Å². The molecule has 0 atom stereocenters. The molecule has 0 saturated carbocycles. The molecule has 1 heterocycles. The number of hydrazone groups is 1. The summed E-state index contributed by atoms with van der Waals surface area (Å²) in [7, 11) is 0. The van der Waals surface area contributed by atoms with Crippen molar-refractivity contribution in [3.05, 3.63) is 85.9 Å². The number of ether oxygens (including phenoxy) is 1. The van der Waals surface area contributed by atoms with E-state index in [0.717, 1.165) is 22.3 Å². The van der Waals surface area contributed by atoms with Crippen LogP contribution in [0.1, 0.15) is 16.7 Å². The topological polar surface area (TPSA) is 46.5 Å². The summed E-state index contributed by atoms with van der Waals surface area (Å²) in [5.41, 5.74) is 3.16. The van der Waals surface area contributed by atoms with Gasteiger partial charge in [-0.05, 0) is 42.5 Å². The number of pyridine rings is 1. The van der Waals surface area contributed by atoms with Gasteiger partial charge in [-0.15, -0.1) is 0 Å². The molecule has 2 aromatic carbocycles. The van der Waals surface area contributed by atoms with Gasteiger partial charge in [0.15, 0.2) is 0 Å². The van der Waals surface area contributed by atoms with Crippen molar-refractivity contribution < 1.29 is 17.9 Å². The van der Waals surface area contributed by atoms with Crippen LogP contribution < -0.4 is 10.2 Å². The van der Waals surface area contributed by atoms with Gasteiger partial charge in [-0.25, -0.2) is 4.98 Å². The Morgan fingerprint density at radius 1 is 1.10 bits per heavy atom. The lowest BCUT2D eigenvalue weighted by atomic mass is 10.2. The lowest BCUT2D eigenvalue weighted by Crippen LogP contribution is -2.05. The van der Waals surface area contributed by atoms with Gasteiger partial charge >= 0.3 is 6.18 Å². The van der Waals surface area contributed by atoms with E-state index < -0.39 is 11.7 Å². The van der Waals surface area contributed by atoms with Crippen LogP contribution in [0.4, 0.5) is 19.0 Å². The van der Waals surface area contributed by atoms with Crippen molar-refractivity contribution in [3.8, 4) is 5.75 Å². The molecule has 1 aromatic heterocycles. The Morgan fingerprint density at radius 3 is 2.57 bits per heavy atom. The molecule has 0 aliphatic carbocycles. The van der Waals surface area contributed by atoms with Gasteiger partial charge in [-0.2, -0.15) is 18.3 Å². The summed E-state index contributed by atoms with van der Waals surface area (Å²) in [6.45, 7) is 0.215. The summed E-state index contributed by atoms with van der Waals surface area (Å²) < 4.78 is 44.4. The van der Waals surface area contributed by atoms with Crippen molar-refractivity contribution in [2.24, 2.45) is 5.10 Å². The van der Waals surface area contributed by atoms with Crippen molar-refractivity contribution in [1.82, 2.24) is 4.98 Å². The molecule has 0 radical (unpaired) electrons. The van der Waals surface area contributed by atoms with Gasteiger partial charge in [0.2, 0.25) is 0 Å². The van der Waals surface area contributed by atoms with Crippen LogP contribution >= 0.6 is 39.1 Å². The molecule has 0 spiro atoms. The molecule has 3 rings (SSSR count). The fourth-order valence-electron chi connectivity index (χ4n) is 2.34. The molecule has 0 aliphatic rings. The van der Waals surface area contributed by atoms with Crippen LogP contribution in [0.3, 0.4) is 0 Å². The SMILES string of the molecule is FC(F)(F)c1ccc(N/N=C\c2cc(Br)ccc2OCc2ccc(Cl)cc2Cl)nc1. The van der Waals surface area contributed by atoms with Crippen molar-refractivity contribution in [2.75, 3.05) is 5.43 Å². The zero-order chi connectivity index (χ0) is 21.7. The van der Waals surface area contributed by atoms with Crippen LogP contribution in [0, 0.1) is 0 Å². The zero-order valence-electron chi connectivity index (χ0n) is 15.1. The average Bonchev–Trinajstić information content (AvgIpc) is 2.68. The number of nitrogens with zero attached hydrogens (tertiary/aromatic N) is 2. The maximum absolute atomic E-state index is 12.6. The van der Waals surface area contributed by atoms with E-state index in [1.165, 1.54) is 12.3 Å². The Labute approximate surface area is 188 Å². The van der Waals surface area contributed by atoms with Crippen LogP contribution in [-0.2, 0) is 12.8 Å². The largest absolute Gasteiger partial charge is 0.488 e. The van der Waals surface area contributed by atoms with Gasteiger partial charge in [0.05, 0.1) is 11.8 Å². The first-order valence-electron chi connectivity index (χ1n) is 8.41. The molecule has 0 aliphatic heterocycles. The van der Waals surface area contributed by atoms with Gasteiger partial charge in [0.25, 0.3) is 0 Å². The first-order valence-corrected chi connectivity index (χ1v) is 9.96. The number of anilines is 1. The molecular formula is C20H13BrCl2F3N3O. The predicted octanol–water partition coefficient (Wildman–Crippen LogP) is 7.19. The number of rotatable bonds is 6. The van der Waals surface area contributed by atoms with E-state index in [0.29, 0.717) is 21.4 Å². The minimum absolute atomic E-state index is 0.171. The Morgan fingerprint density at radius 2 is 1.90 bits per heavy atom. The molecular weight excluding hydrogens is 506 g/mol. The number of nitrogens with one attached hydrogen (secondary N) is 1. The molecule has 0 unspecified atom stereocenters. The number of benzene rings is 2. The summed E-state index contributed by atoms with van der Waals surface area (Å²) in [6, 6.07) is 12.6. The fourth-order valence-corrected chi connectivity index (χ4v) is 3.18. The van der Waals surface area contributed by atoms with Crippen molar-refractivity contribution in [1.29, 1.82) is 0 Å². The second-order valence-electron chi connectivity index (χ2n) is 6.01. The number of hydrogen-bond acceptors (Lipinski definition) is 4. The number of alkyl halides is 3. The average molecular weight is 519 g/mol. The maximum Gasteiger partial charge on any atom is 0.417 e. The second kappa shape index (κ2) is 9.68. The van der Waals surface area contributed by atoms with Crippen LogP contribution in [0.2, 0.25) is 10.0 Å². The van der Waals surface area contributed by atoms with Crippen LogP contribution in [-0.4, -0.2) is 11.2 Å². The molecule has 0 saturated heterocycles. The van der Waals surface area contributed by atoms with Gasteiger partial charge < -0.3 is 4.74 Å². The molecule has 1 N–H and O–H groups in total. The Hall–Kier alpha value is -2.29. The third-order valence-corrected chi connectivity index (χ3v) is 4.92. The van der Waals surface area contributed by atoms with Gasteiger partial charge in [-0.3, -0.25) is 5.43 Å². The van der Waals surface area contributed by atoms with E-state index in [2.05, 4.69) is 31.4 Å². The Balaban J connectivity index is 1.70. The van der Waals surface area contributed by atoms with Gasteiger partial charge in [0, 0.05) is 31.8 Å². The zero-order valence-corrected chi connectivity index (χ0v) is 18.1. The number of hydrogen-bond donors (Lipinski definition) is 1. The molecule has 10 heteroatoms. The normalized spacial score (nSPS) is 11.7. The minimum atomic E-state index is -4.44. The van der Waals surface area contributed by atoms with Gasteiger partial charge in [-0.1, -0.05) is 45.2 Å². The first kappa shape index (κ1) is 22.4. The lowest BCUT2D eigenvalue weighted by molar-refractivity contribution is -0.137. The van der Waals surface area contributed by atoms with E-state index in [-0.39, 0.29) is 12.4 Å². The van der Waals surface area contributed by atoms with Gasteiger partial charge in [0.1, 0.15) is 18.2 Å². The molecule has 0 fully saturated rings. The monoisotopic (exact) mass is 517 g/mol. The summed E-state index contributed by atoms with van der Waals surface area (Å²) in [5.74, 6) is 0.708. The highest BCUT2D eigenvalue weighted by atomic mass is 79.9. The van der Waals surface area contributed by atoms with Crippen molar-refractivity contribution in [2.45, 2.75) is 12.8 Å². The predicted molar refractivity (Wildman–Crippen MR) is 115 cm³/mol. The highest BCUT2D eigenvalue weighted by molar-refractivity contribution is 9.10. The summed E-state index contributed by atoms with van der Waals surface area (Å²) in [5, 5.41) is 5.05. The smallest absolute Gasteiger partial charge is 0.417 e. The second-order valence-corrected chi connectivity index (χ2v) is 7.77. The fraction of sp³-hybridized carbons (Fsp3) is 0.100.